The summed E-state index contributed by atoms with van der Waals surface area (Å²) in [5, 5.41) is 12.0. The molecule has 0 aliphatic rings. The van der Waals surface area contributed by atoms with Crippen LogP contribution in [-0.4, -0.2) is 27.9 Å². The monoisotopic (exact) mass is 305 g/mol. The van der Waals surface area contributed by atoms with Crippen molar-refractivity contribution >= 4 is 28.4 Å². The molecule has 1 amide bonds. The van der Waals surface area contributed by atoms with Crippen molar-refractivity contribution in [3.8, 4) is 0 Å². The summed E-state index contributed by atoms with van der Waals surface area (Å²) in [5.41, 5.74) is 7.40. The Kier molecular flexibility index (Phi) is 4.66. The van der Waals surface area contributed by atoms with E-state index in [0.717, 1.165) is 23.5 Å². The molecule has 0 aliphatic heterocycles. The fourth-order valence-corrected chi connectivity index (χ4v) is 2.66. The molecule has 2 aromatic rings. The van der Waals surface area contributed by atoms with Crippen LogP contribution >= 0.6 is 11.5 Å². The van der Waals surface area contributed by atoms with E-state index in [0.29, 0.717) is 17.8 Å². The average Bonchev–Trinajstić information content (AvgIpc) is 2.81. The number of carbonyl (C=O) groups excluding carboxylic acids is 1. The van der Waals surface area contributed by atoms with E-state index in [1.54, 1.807) is 19.1 Å². The van der Waals surface area contributed by atoms with Crippen molar-refractivity contribution in [2.75, 3.05) is 11.9 Å². The van der Waals surface area contributed by atoms with Crippen molar-refractivity contribution in [3.63, 3.8) is 0 Å². The molecule has 0 unspecified atom stereocenters. The lowest BCUT2D eigenvalue weighted by Gasteiger charge is -2.05. The van der Waals surface area contributed by atoms with Gasteiger partial charge in [0.05, 0.1) is 5.69 Å². The van der Waals surface area contributed by atoms with E-state index in [1.165, 1.54) is 0 Å². The Hall–Kier alpha value is -2.25. The molecular formula is C14H15N3O3S. The largest absolute Gasteiger partial charge is 0.478 e. The second-order valence-electron chi connectivity index (χ2n) is 4.47. The third-order valence-corrected chi connectivity index (χ3v) is 3.81. The molecule has 0 spiro atoms. The first kappa shape index (κ1) is 15.1. The number of hydrogen-bond acceptors (Lipinski definition) is 5. The fraction of sp³-hybridized carbons (Fsp3) is 0.214. The van der Waals surface area contributed by atoms with E-state index < -0.39 is 5.97 Å². The second-order valence-corrected chi connectivity index (χ2v) is 5.24. The Morgan fingerprint density at radius 1 is 1.33 bits per heavy atom. The number of rotatable bonds is 5. The van der Waals surface area contributed by atoms with E-state index in [2.05, 4.69) is 9.69 Å². The van der Waals surface area contributed by atoms with Gasteiger partial charge in [-0.3, -0.25) is 4.79 Å². The van der Waals surface area contributed by atoms with Crippen molar-refractivity contribution in [2.24, 2.45) is 5.73 Å². The van der Waals surface area contributed by atoms with E-state index in [-0.39, 0.29) is 16.5 Å². The SMILES string of the molecule is Cc1nsc(NC(=O)c2ccc(CCN)cc2)c1C(=O)O. The molecule has 21 heavy (non-hydrogen) atoms. The maximum atomic E-state index is 12.1. The molecule has 6 nitrogen and oxygen atoms in total. The zero-order valence-corrected chi connectivity index (χ0v) is 12.2. The number of nitrogens with two attached hydrogens (primary N) is 1. The molecule has 4 N–H and O–H groups in total. The number of hydrogen-bond donors (Lipinski definition) is 3. The first-order valence-electron chi connectivity index (χ1n) is 6.33. The van der Waals surface area contributed by atoms with Gasteiger partial charge in [-0.25, -0.2) is 4.79 Å². The summed E-state index contributed by atoms with van der Waals surface area (Å²) >= 11 is 0.959. The van der Waals surface area contributed by atoms with Crippen molar-refractivity contribution in [2.45, 2.75) is 13.3 Å². The summed E-state index contributed by atoms with van der Waals surface area (Å²) in [6.07, 6.45) is 0.749. The molecular weight excluding hydrogens is 290 g/mol. The van der Waals surface area contributed by atoms with Crippen LogP contribution in [0, 0.1) is 6.92 Å². The predicted octanol–water partition coefficient (Wildman–Crippen LogP) is 1.90. The number of nitrogens with one attached hydrogen (secondary N) is 1. The third kappa shape index (κ3) is 3.45. The van der Waals surface area contributed by atoms with Crippen molar-refractivity contribution in [1.29, 1.82) is 0 Å². The lowest BCUT2D eigenvalue weighted by atomic mass is 10.1. The normalized spacial score (nSPS) is 10.4. The van der Waals surface area contributed by atoms with Crippen LogP contribution in [-0.2, 0) is 6.42 Å². The molecule has 0 saturated heterocycles. The highest BCUT2D eigenvalue weighted by Gasteiger charge is 2.19. The number of carboxylic acids is 1. The lowest BCUT2D eigenvalue weighted by Crippen LogP contribution is -2.13. The van der Waals surface area contributed by atoms with Crippen LogP contribution in [0.3, 0.4) is 0 Å². The van der Waals surface area contributed by atoms with Crippen LogP contribution in [0.1, 0.15) is 32.0 Å². The Morgan fingerprint density at radius 3 is 2.57 bits per heavy atom. The second kappa shape index (κ2) is 6.47. The molecule has 0 fully saturated rings. The van der Waals surface area contributed by atoms with Gasteiger partial charge in [0, 0.05) is 5.56 Å². The molecule has 1 heterocycles. The quantitative estimate of drug-likeness (QED) is 0.782. The van der Waals surface area contributed by atoms with E-state index in [9.17, 15) is 9.59 Å². The highest BCUT2D eigenvalue weighted by Crippen LogP contribution is 2.25. The number of aromatic carboxylic acids is 1. The van der Waals surface area contributed by atoms with Crippen LogP contribution < -0.4 is 11.1 Å². The van der Waals surface area contributed by atoms with Crippen molar-refractivity contribution < 1.29 is 14.7 Å². The summed E-state index contributed by atoms with van der Waals surface area (Å²) in [6.45, 7) is 2.14. The Bertz CT molecular complexity index is 665. The topological polar surface area (TPSA) is 105 Å². The minimum atomic E-state index is -1.10. The standard InChI is InChI=1S/C14H15N3O3S/c1-8-11(14(19)20)13(21-17-8)16-12(18)10-4-2-9(3-5-10)6-7-15/h2-5H,6-7,15H2,1H3,(H,16,18)(H,19,20). The zero-order chi connectivity index (χ0) is 15.4. The minimum Gasteiger partial charge on any atom is -0.478 e. The van der Waals surface area contributed by atoms with E-state index in [1.807, 2.05) is 12.1 Å². The van der Waals surface area contributed by atoms with Crippen LogP contribution in [0.5, 0.6) is 0 Å². The number of aryl methyl sites for hydroxylation is 1. The molecule has 110 valence electrons. The number of benzene rings is 1. The van der Waals surface area contributed by atoms with Crippen LogP contribution in [0.2, 0.25) is 0 Å². The number of aromatic nitrogens is 1. The van der Waals surface area contributed by atoms with Gasteiger partial charge in [-0.15, -0.1) is 0 Å². The average molecular weight is 305 g/mol. The molecule has 1 aromatic heterocycles. The van der Waals surface area contributed by atoms with E-state index in [4.69, 9.17) is 10.8 Å². The van der Waals surface area contributed by atoms with Gasteiger partial charge in [0.2, 0.25) is 0 Å². The van der Waals surface area contributed by atoms with Gasteiger partial charge in [-0.05, 0) is 49.1 Å². The first-order chi connectivity index (χ1) is 10.0. The van der Waals surface area contributed by atoms with Crippen LogP contribution in [0.4, 0.5) is 5.00 Å². The molecule has 0 bridgehead atoms. The summed E-state index contributed by atoms with van der Waals surface area (Å²) in [6, 6.07) is 7.04. The van der Waals surface area contributed by atoms with Gasteiger partial charge in [-0.1, -0.05) is 12.1 Å². The third-order valence-electron chi connectivity index (χ3n) is 2.95. The highest BCUT2D eigenvalue weighted by atomic mass is 32.1. The van der Waals surface area contributed by atoms with Crippen molar-refractivity contribution in [1.82, 2.24) is 4.37 Å². The van der Waals surface area contributed by atoms with Gasteiger partial charge in [0.15, 0.2) is 0 Å². The molecule has 0 aliphatic carbocycles. The van der Waals surface area contributed by atoms with Crippen molar-refractivity contribution in [3.05, 3.63) is 46.6 Å². The number of anilines is 1. The molecule has 0 radical (unpaired) electrons. The fourth-order valence-electron chi connectivity index (χ4n) is 1.87. The summed E-state index contributed by atoms with van der Waals surface area (Å²) < 4.78 is 3.96. The molecule has 2 rings (SSSR count). The number of amides is 1. The highest BCUT2D eigenvalue weighted by molar-refractivity contribution is 7.11. The maximum Gasteiger partial charge on any atom is 0.340 e. The zero-order valence-electron chi connectivity index (χ0n) is 11.4. The van der Waals surface area contributed by atoms with Gasteiger partial charge >= 0.3 is 5.97 Å². The van der Waals surface area contributed by atoms with Crippen LogP contribution in [0.15, 0.2) is 24.3 Å². The van der Waals surface area contributed by atoms with Gasteiger partial charge in [-0.2, -0.15) is 4.37 Å². The van der Waals surface area contributed by atoms with Crippen LogP contribution in [0.25, 0.3) is 0 Å². The Labute approximate surface area is 125 Å². The molecule has 0 saturated carbocycles. The lowest BCUT2D eigenvalue weighted by molar-refractivity contribution is 0.0697. The first-order valence-corrected chi connectivity index (χ1v) is 7.10. The number of nitrogens with zero attached hydrogens (tertiary/aromatic N) is 1. The Balaban J connectivity index is 2.16. The van der Waals surface area contributed by atoms with Gasteiger partial charge < -0.3 is 16.2 Å². The Morgan fingerprint density at radius 2 is 2.00 bits per heavy atom. The van der Waals surface area contributed by atoms with Gasteiger partial charge in [0.1, 0.15) is 10.6 Å². The summed E-state index contributed by atoms with van der Waals surface area (Å²) in [5.74, 6) is -1.46. The summed E-state index contributed by atoms with van der Waals surface area (Å²) in [4.78, 5) is 23.3. The predicted molar refractivity (Wildman–Crippen MR) is 81.0 cm³/mol. The molecule has 0 atom stereocenters. The summed E-state index contributed by atoms with van der Waals surface area (Å²) in [7, 11) is 0. The maximum absolute atomic E-state index is 12.1. The van der Waals surface area contributed by atoms with E-state index >= 15 is 0 Å². The number of carbonyl (C=O) groups is 2. The smallest absolute Gasteiger partial charge is 0.340 e. The van der Waals surface area contributed by atoms with Gasteiger partial charge in [0.25, 0.3) is 5.91 Å². The number of carboxylic acid groups (broad SMARTS) is 1. The molecule has 7 heteroatoms. The molecule has 1 aromatic carbocycles. The minimum absolute atomic E-state index is 0.0353.